The molecule has 108 valence electrons. The number of hydrogen-bond donors (Lipinski definition) is 1. The molecule has 0 aromatic carbocycles. The Bertz CT molecular complexity index is 481. The highest BCUT2D eigenvalue weighted by atomic mass is 16.3. The van der Waals surface area contributed by atoms with Gasteiger partial charge in [0.15, 0.2) is 0 Å². The maximum Gasteiger partial charge on any atom is 0.240 e. The maximum absolute atomic E-state index is 12.5. The molecule has 5 heteroatoms. The molecule has 0 aliphatic heterocycles. The third kappa shape index (κ3) is 3.51. The van der Waals surface area contributed by atoms with Crippen LogP contribution in [0.25, 0.3) is 0 Å². The van der Waals surface area contributed by atoms with Crippen LogP contribution in [-0.2, 0) is 17.9 Å². The molecule has 2 N–H and O–H groups in total. The molecule has 0 saturated carbocycles. The van der Waals surface area contributed by atoms with E-state index in [1.54, 1.807) is 29.6 Å². The van der Waals surface area contributed by atoms with Gasteiger partial charge >= 0.3 is 0 Å². The highest BCUT2D eigenvalue weighted by molar-refractivity contribution is 5.81. The van der Waals surface area contributed by atoms with Gasteiger partial charge < -0.3 is 19.5 Å². The molecule has 1 amide bonds. The summed E-state index contributed by atoms with van der Waals surface area (Å²) in [6, 6.07) is 6.74. The fraction of sp³-hybridized carbons (Fsp3) is 0.400. The summed E-state index contributed by atoms with van der Waals surface area (Å²) in [4.78, 5) is 14.1. The van der Waals surface area contributed by atoms with Gasteiger partial charge in [0.2, 0.25) is 5.91 Å². The van der Waals surface area contributed by atoms with Gasteiger partial charge in [0, 0.05) is 0 Å². The molecule has 1 atom stereocenters. The van der Waals surface area contributed by atoms with Crippen LogP contribution in [0.4, 0.5) is 0 Å². The largest absolute Gasteiger partial charge is 0.467 e. The minimum absolute atomic E-state index is 0.0817. The predicted molar refractivity (Wildman–Crippen MR) is 74.5 cm³/mol. The topological polar surface area (TPSA) is 72.6 Å². The Balaban J connectivity index is 2.12. The van der Waals surface area contributed by atoms with Crippen molar-refractivity contribution in [3.8, 4) is 0 Å². The lowest BCUT2D eigenvalue weighted by atomic mass is 10.0. The van der Waals surface area contributed by atoms with E-state index in [-0.39, 0.29) is 11.8 Å². The third-order valence-corrected chi connectivity index (χ3v) is 3.17. The Labute approximate surface area is 118 Å². The molecule has 0 fully saturated rings. The Morgan fingerprint density at radius 3 is 2.00 bits per heavy atom. The van der Waals surface area contributed by atoms with Crippen molar-refractivity contribution in [3.05, 3.63) is 48.3 Å². The van der Waals surface area contributed by atoms with E-state index >= 15 is 0 Å². The van der Waals surface area contributed by atoms with Crippen LogP contribution in [-0.4, -0.2) is 16.8 Å². The van der Waals surface area contributed by atoms with E-state index in [1.807, 2.05) is 26.0 Å². The van der Waals surface area contributed by atoms with Crippen LogP contribution in [0.15, 0.2) is 45.6 Å². The SMILES string of the molecule is CC(C)C(N)C(=O)N(Cc1ccco1)Cc1ccco1. The van der Waals surface area contributed by atoms with Crippen molar-refractivity contribution in [2.75, 3.05) is 0 Å². The van der Waals surface area contributed by atoms with Crippen molar-refractivity contribution in [2.45, 2.75) is 33.0 Å². The quantitative estimate of drug-likeness (QED) is 0.879. The zero-order valence-electron chi connectivity index (χ0n) is 11.8. The molecular formula is C15H20N2O3. The van der Waals surface area contributed by atoms with Crippen molar-refractivity contribution >= 4 is 5.91 Å². The number of nitrogens with two attached hydrogens (primary N) is 1. The molecule has 0 aliphatic rings. The van der Waals surface area contributed by atoms with Gasteiger partial charge in [-0.2, -0.15) is 0 Å². The van der Waals surface area contributed by atoms with E-state index in [0.717, 1.165) is 11.5 Å². The Hall–Kier alpha value is -2.01. The molecule has 2 aromatic heterocycles. The minimum atomic E-state index is -0.528. The maximum atomic E-state index is 12.5. The monoisotopic (exact) mass is 276 g/mol. The molecule has 2 aromatic rings. The van der Waals surface area contributed by atoms with E-state index in [2.05, 4.69) is 0 Å². The van der Waals surface area contributed by atoms with E-state index in [0.29, 0.717) is 13.1 Å². The number of hydrogen-bond acceptors (Lipinski definition) is 4. The minimum Gasteiger partial charge on any atom is -0.467 e. The smallest absolute Gasteiger partial charge is 0.240 e. The summed E-state index contributed by atoms with van der Waals surface area (Å²) >= 11 is 0. The van der Waals surface area contributed by atoms with Gasteiger partial charge in [-0.3, -0.25) is 4.79 Å². The molecule has 0 bridgehead atoms. The zero-order chi connectivity index (χ0) is 14.5. The molecular weight excluding hydrogens is 256 g/mol. The Morgan fingerprint density at radius 1 is 1.15 bits per heavy atom. The summed E-state index contributed by atoms with van der Waals surface area (Å²) in [5, 5.41) is 0. The summed E-state index contributed by atoms with van der Waals surface area (Å²) in [6.45, 7) is 4.63. The lowest BCUT2D eigenvalue weighted by Crippen LogP contribution is -2.45. The molecule has 0 radical (unpaired) electrons. The number of rotatable bonds is 6. The first-order chi connectivity index (χ1) is 9.58. The second kappa shape index (κ2) is 6.43. The first-order valence-corrected chi connectivity index (χ1v) is 6.67. The van der Waals surface area contributed by atoms with Crippen LogP contribution in [0.1, 0.15) is 25.4 Å². The average Bonchev–Trinajstić information content (AvgIpc) is 3.09. The highest BCUT2D eigenvalue weighted by Crippen LogP contribution is 2.14. The summed E-state index contributed by atoms with van der Waals surface area (Å²) < 4.78 is 10.6. The first kappa shape index (κ1) is 14.4. The van der Waals surface area contributed by atoms with Crippen molar-refractivity contribution in [3.63, 3.8) is 0 Å². The number of amides is 1. The van der Waals surface area contributed by atoms with Crippen molar-refractivity contribution < 1.29 is 13.6 Å². The molecule has 20 heavy (non-hydrogen) atoms. The second-order valence-corrected chi connectivity index (χ2v) is 5.12. The molecule has 0 aliphatic carbocycles. The molecule has 0 saturated heterocycles. The fourth-order valence-corrected chi connectivity index (χ4v) is 1.89. The lowest BCUT2D eigenvalue weighted by Gasteiger charge is -2.25. The number of nitrogens with zero attached hydrogens (tertiary/aromatic N) is 1. The predicted octanol–water partition coefficient (Wildman–Crippen LogP) is 2.38. The van der Waals surface area contributed by atoms with Crippen molar-refractivity contribution in [1.29, 1.82) is 0 Å². The summed E-state index contributed by atoms with van der Waals surface area (Å²) in [6.07, 6.45) is 3.18. The van der Waals surface area contributed by atoms with Gasteiger partial charge in [-0.15, -0.1) is 0 Å². The van der Waals surface area contributed by atoms with Crippen molar-refractivity contribution in [1.82, 2.24) is 4.90 Å². The number of carbonyl (C=O) groups is 1. The van der Waals surface area contributed by atoms with Crippen molar-refractivity contribution in [2.24, 2.45) is 11.7 Å². The molecule has 0 spiro atoms. The standard InChI is InChI=1S/C15H20N2O3/c1-11(2)14(16)15(18)17(9-12-5-3-7-19-12)10-13-6-4-8-20-13/h3-8,11,14H,9-10,16H2,1-2H3. The summed E-state index contributed by atoms with van der Waals surface area (Å²) in [7, 11) is 0. The van der Waals surface area contributed by atoms with E-state index in [4.69, 9.17) is 14.6 Å². The Kier molecular flexibility index (Phi) is 4.63. The van der Waals surface area contributed by atoms with Gasteiger partial charge in [0.25, 0.3) is 0 Å². The first-order valence-electron chi connectivity index (χ1n) is 6.67. The summed E-state index contributed by atoms with van der Waals surface area (Å²) in [5.41, 5.74) is 5.97. The van der Waals surface area contributed by atoms with Gasteiger partial charge in [0.1, 0.15) is 11.5 Å². The zero-order valence-corrected chi connectivity index (χ0v) is 11.8. The molecule has 5 nitrogen and oxygen atoms in total. The van der Waals surface area contributed by atoms with E-state index in [1.165, 1.54) is 0 Å². The molecule has 2 heterocycles. The van der Waals surface area contributed by atoms with Gasteiger partial charge in [-0.05, 0) is 30.2 Å². The average molecular weight is 276 g/mol. The Morgan fingerprint density at radius 2 is 1.65 bits per heavy atom. The lowest BCUT2D eigenvalue weighted by molar-refractivity contribution is -0.135. The van der Waals surface area contributed by atoms with Gasteiger partial charge in [-0.1, -0.05) is 13.8 Å². The van der Waals surface area contributed by atoms with Crippen LogP contribution in [0.2, 0.25) is 0 Å². The van der Waals surface area contributed by atoms with Crippen LogP contribution >= 0.6 is 0 Å². The van der Waals surface area contributed by atoms with Gasteiger partial charge in [-0.25, -0.2) is 0 Å². The van der Waals surface area contributed by atoms with Crippen LogP contribution in [0.3, 0.4) is 0 Å². The van der Waals surface area contributed by atoms with Gasteiger partial charge in [0.05, 0.1) is 31.7 Å². The summed E-state index contributed by atoms with van der Waals surface area (Å²) in [5.74, 6) is 1.42. The third-order valence-electron chi connectivity index (χ3n) is 3.17. The van der Waals surface area contributed by atoms with E-state index < -0.39 is 6.04 Å². The van der Waals surface area contributed by atoms with Crippen LogP contribution < -0.4 is 5.73 Å². The number of carbonyl (C=O) groups excluding carboxylic acids is 1. The molecule has 2 rings (SSSR count). The second-order valence-electron chi connectivity index (χ2n) is 5.12. The van der Waals surface area contributed by atoms with Crippen LogP contribution in [0.5, 0.6) is 0 Å². The fourth-order valence-electron chi connectivity index (χ4n) is 1.89. The molecule has 1 unspecified atom stereocenters. The number of furan rings is 2. The highest BCUT2D eigenvalue weighted by Gasteiger charge is 2.25. The van der Waals surface area contributed by atoms with E-state index in [9.17, 15) is 4.79 Å². The van der Waals surface area contributed by atoms with Crippen LogP contribution in [0, 0.1) is 5.92 Å². The normalized spacial score (nSPS) is 12.6.